The maximum Gasteiger partial charge on any atom is 0.258 e. The van der Waals surface area contributed by atoms with Crippen LogP contribution in [0.5, 0.6) is 0 Å². The number of carbonyl (C=O) groups excluding carboxylic acids is 2. The number of anilines is 2. The van der Waals surface area contributed by atoms with E-state index >= 15 is 0 Å². The van der Waals surface area contributed by atoms with E-state index in [0.29, 0.717) is 10.8 Å². The summed E-state index contributed by atoms with van der Waals surface area (Å²) in [6.45, 7) is 3.83. The number of aryl methyl sites for hydroxylation is 1. The zero-order valence-electron chi connectivity index (χ0n) is 18.5. The van der Waals surface area contributed by atoms with Gasteiger partial charge in [0.1, 0.15) is 5.82 Å². The van der Waals surface area contributed by atoms with Gasteiger partial charge in [-0.2, -0.15) is 0 Å². The second-order valence-corrected chi connectivity index (χ2v) is 9.89. The van der Waals surface area contributed by atoms with E-state index in [1.165, 1.54) is 46.9 Å². The molecule has 0 saturated carbocycles. The van der Waals surface area contributed by atoms with Gasteiger partial charge in [0.2, 0.25) is 5.91 Å². The topological polar surface area (TPSA) is 71.1 Å². The van der Waals surface area contributed by atoms with Crippen molar-refractivity contribution in [3.8, 4) is 11.3 Å². The van der Waals surface area contributed by atoms with Crippen molar-refractivity contribution < 1.29 is 14.0 Å². The Morgan fingerprint density at radius 3 is 2.53 bits per heavy atom. The zero-order chi connectivity index (χ0) is 24.1. The van der Waals surface area contributed by atoms with Crippen LogP contribution < -0.4 is 10.6 Å². The molecule has 5 nitrogen and oxygen atoms in total. The number of thiazole rings is 1. The SMILES string of the molecule is Cc1ccc(-c2csc(NC(=O)C(C)Sc3cccc(NC(=O)c4ccccc4F)c3)n2)cc1. The highest BCUT2D eigenvalue weighted by Gasteiger charge is 2.17. The summed E-state index contributed by atoms with van der Waals surface area (Å²) >= 11 is 2.73. The van der Waals surface area contributed by atoms with Gasteiger partial charge in [-0.3, -0.25) is 9.59 Å². The summed E-state index contributed by atoms with van der Waals surface area (Å²) in [7, 11) is 0. The zero-order valence-corrected chi connectivity index (χ0v) is 20.2. The van der Waals surface area contributed by atoms with Gasteiger partial charge in [-0.05, 0) is 44.2 Å². The van der Waals surface area contributed by atoms with E-state index in [9.17, 15) is 14.0 Å². The molecule has 0 aliphatic rings. The summed E-state index contributed by atoms with van der Waals surface area (Å²) in [5.74, 6) is -1.28. The largest absolute Gasteiger partial charge is 0.322 e. The molecule has 0 radical (unpaired) electrons. The smallest absolute Gasteiger partial charge is 0.258 e. The van der Waals surface area contributed by atoms with Gasteiger partial charge in [-0.15, -0.1) is 23.1 Å². The van der Waals surface area contributed by atoms with E-state index in [2.05, 4.69) is 15.6 Å². The van der Waals surface area contributed by atoms with Crippen LogP contribution >= 0.6 is 23.1 Å². The molecule has 4 aromatic rings. The Hall–Kier alpha value is -3.49. The molecular weight excluding hydrogens is 469 g/mol. The first kappa shape index (κ1) is 23.7. The minimum Gasteiger partial charge on any atom is -0.322 e. The molecule has 1 atom stereocenters. The van der Waals surface area contributed by atoms with Crippen molar-refractivity contribution >= 4 is 45.7 Å². The molecular formula is C26H22FN3O2S2. The number of aromatic nitrogens is 1. The van der Waals surface area contributed by atoms with Crippen molar-refractivity contribution in [1.82, 2.24) is 4.98 Å². The van der Waals surface area contributed by atoms with Crippen molar-refractivity contribution in [3.05, 3.63) is 95.1 Å². The fourth-order valence-corrected chi connectivity index (χ4v) is 4.79. The second kappa shape index (κ2) is 10.6. The molecule has 34 heavy (non-hydrogen) atoms. The van der Waals surface area contributed by atoms with Crippen molar-refractivity contribution in [2.75, 3.05) is 10.6 Å². The maximum absolute atomic E-state index is 13.9. The summed E-state index contributed by atoms with van der Waals surface area (Å²) in [5.41, 5.74) is 3.49. The fourth-order valence-electron chi connectivity index (χ4n) is 3.14. The predicted octanol–water partition coefficient (Wildman–Crippen LogP) is 6.63. The summed E-state index contributed by atoms with van der Waals surface area (Å²) in [6.07, 6.45) is 0. The highest BCUT2D eigenvalue weighted by Crippen LogP contribution is 2.29. The lowest BCUT2D eigenvalue weighted by Crippen LogP contribution is -2.22. The van der Waals surface area contributed by atoms with Crippen LogP contribution in [0.3, 0.4) is 0 Å². The highest BCUT2D eigenvalue weighted by molar-refractivity contribution is 8.00. The van der Waals surface area contributed by atoms with Crippen LogP contribution in [0.15, 0.2) is 83.1 Å². The van der Waals surface area contributed by atoms with E-state index < -0.39 is 17.0 Å². The normalized spacial score (nSPS) is 11.6. The third-order valence-corrected chi connectivity index (χ3v) is 6.83. The van der Waals surface area contributed by atoms with Crippen LogP contribution in [-0.2, 0) is 4.79 Å². The summed E-state index contributed by atoms with van der Waals surface area (Å²) in [5, 5.41) is 7.63. The first-order valence-corrected chi connectivity index (χ1v) is 12.3. The van der Waals surface area contributed by atoms with Crippen molar-refractivity contribution in [1.29, 1.82) is 0 Å². The Bertz CT molecular complexity index is 1320. The minimum atomic E-state index is -0.580. The minimum absolute atomic E-state index is 0.0262. The van der Waals surface area contributed by atoms with Crippen molar-refractivity contribution in [3.63, 3.8) is 0 Å². The average molecular weight is 492 g/mol. The van der Waals surface area contributed by atoms with E-state index in [-0.39, 0.29) is 11.5 Å². The number of nitrogens with zero attached hydrogens (tertiary/aromatic N) is 1. The Morgan fingerprint density at radius 1 is 1.00 bits per heavy atom. The van der Waals surface area contributed by atoms with Crippen LogP contribution in [0.1, 0.15) is 22.8 Å². The van der Waals surface area contributed by atoms with Crippen LogP contribution in [0.25, 0.3) is 11.3 Å². The van der Waals surface area contributed by atoms with Gasteiger partial charge in [0.15, 0.2) is 5.13 Å². The third kappa shape index (κ3) is 5.89. The number of thioether (sulfide) groups is 1. The first-order valence-electron chi connectivity index (χ1n) is 10.5. The lowest BCUT2D eigenvalue weighted by molar-refractivity contribution is -0.115. The lowest BCUT2D eigenvalue weighted by atomic mass is 10.1. The summed E-state index contributed by atoms with van der Waals surface area (Å²) in [4.78, 5) is 30.4. The number of halogens is 1. The number of hydrogen-bond acceptors (Lipinski definition) is 5. The summed E-state index contributed by atoms with van der Waals surface area (Å²) in [6, 6.07) is 21.0. The van der Waals surface area contributed by atoms with E-state index in [1.54, 1.807) is 31.2 Å². The molecule has 2 N–H and O–H groups in total. The molecule has 8 heteroatoms. The molecule has 0 fully saturated rings. The van der Waals surface area contributed by atoms with Crippen LogP contribution in [0.2, 0.25) is 0 Å². The monoisotopic (exact) mass is 491 g/mol. The molecule has 3 aromatic carbocycles. The van der Waals surface area contributed by atoms with Gasteiger partial charge in [0, 0.05) is 21.5 Å². The van der Waals surface area contributed by atoms with Crippen molar-refractivity contribution in [2.45, 2.75) is 24.0 Å². The number of carbonyl (C=O) groups is 2. The molecule has 0 bridgehead atoms. The van der Waals surface area contributed by atoms with E-state index in [4.69, 9.17) is 0 Å². The van der Waals surface area contributed by atoms with E-state index in [0.717, 1.165) is 16.2 Å². The summed E-state index contributed by atoms with van der Waals surface area (Å²) < 4.78 is 13.9. The van der Waals surface area contributed by atoms with Gasteiger partial charge < -0.3 is 10.6 Å². The van der Waals surface area contributed by atoms with Gasteiger partial charge in [0.25, 0.3) is 5.91 Å². The number of benzene rings is 3. The molecule has 1 unspecified atom stereocenters. The van der Waals surface area contributed by atoms with E-state index in [1.807, 2.05) is 42.6 Å². The fraction of sp³-hybridized carbons (Fsp3) is 0.115. The number of hydrogen-bond donors (Lipinski definition) is 2. The molecule has 0 spiro atoms. The molecule has 4 rings (SSSR count). The van der Waals surface area contributed by atoms with Gasteiger partial charge >= 0.3 is 0 Å². The Morgan fingerprint density at radius 2 is 1.76 bits per heavy atom. The lowest BCUT2D eigenvalue weighted by Gasteiger charge is -2.12. The molecule has 1 heterocycles. The van der Waals surface area contributed by atoms with Gasteiger partial charge in [-0.1, -0.05) is 48.0 Å². The number of nitrogens with one attached hydrogen (secondary N) is 2. The molecule has 1 aromatic heterocycles. The Labute approximate surface area is 205 Å². The Kier molecular flexibility index (Phi) is 7.40. The highest BCUT2D eigenvalue weighted by atomic mass is 32.2. The quantitative estimate of drug-likeness (QED) is 0.285. The van der Waals surface area contributed by atoms with Gasteiger partial charge in [-0.25, -0.2) is 9.37 Å². The first-order chi connectivity index (χ1) is 16.4. The second-order valence-electron chi connectivity index (χ2n) is 7.62. The predicted molar refractivity (Wildman–Crippen MR) is 137 cm³/mol. The molecule has 172 valence electrons. The van der Waals surface area contributed by atoms with Crippen LogP contribution in [0.4, 0.5) is 15.2 Å². The van der Waals surface area contributed by atoms with Crippen LogP contribution in [-0.4, -0.2) is 22.0 Å². The molecule has 0 aliphatic heterocycles. The Balaban J connectivity index is 1.37. The molecule has 2 amide bonds. The van der Waals surface area contributed by atoms with Gasteiger partial charge in [0.05, 0.1) is 16.5 Å². The number of rotatable bonds is 7. The third-order valence-electron chi connectivity index (χ3n) is 4.97. The molecule has 0 aliphatic carbocycles. The molecule has 0 saturated heterocycles. The standard InChI is InChI=1S/C26H22FN3O2S2/c1-16-10-12-18(13-11-16)23-15-33-26(29-23)30-24(31)17(2)34-20-7-5-6-19(14-20)28-25(32)21-8-3-4-9-22(21)27/h3-15,17H,1-2H3,(H,28,32)(H,29,30,31). The van der Waals surface area contributed by atoms with Crippen molar-refractivity contribution in [2.24, 2.45) is 0 Å². The van der Waals surface area contributed by atoms with Crippen LogP contribution in [0, 0.1) is 12.7 Å². The number of amides is 2. The maximum atomic E-state index is 13.9. The average Bonchev–Trinajstić information content (AvgIpc) is 3.28.